The second-order valence-electron chi connectivity index (χ2n) is 4.79. The molecular formula is C13H27NO2. The minimum atomic E-state index is 0.703. The Morgan fingerprint density at radius 3 is 2.50 bits per heavy atom. The van der Waals surface area contributed by atoms with Crippen molar-refractivity contribution in [2.45, 2.75) is 38.5 Å². The molecule has 1 aliphatic carbocycles. The number of methoxy groups -OCH3 is 1. The second-order valence-corrected chi connectivity index (χ2v) is 4.79. The minimum Gasteiger partial charge on any atom is -0.382 e. The quantitative estimate of drug-likeness (QED) is 0.649. The van der Waals surface area contributed by atoms with E-state index in [1.807, 2.05) is 0 Å². The van der Waals surface area contributed by atoms with Crippen molar-refractivity contribution in [1.82, 2.24) is 0 Å². The smallest absolute Gasteiger partial charge is 0.0700 e. The van der Waals surface area contributed by atoms with E-state index in [2.05, 4.69) is 0 Å². The topological polar surface area (TPSA) is 44.5 Å². The molecule has 0 radical (unpaired) electrons. The Hall–Kier alpha value is -0.120. The van der Waals surface area contributed by atoms with Gasteiger partial charge in [-0.05, 0) is 37.6 Å². The van der Waals surface area contributed by atoms with E-state index in [9.17, 15) is 0 Å². The Balaban J connectivity index is 2.02. The maximum Gasteiger partial charge on any atom is 0.0700 e. The molecule has 0 amide bonds. The highest BCUT2D eigenvalue weighted by atomic mass is 16.5. The van der Waals surface area contributed by atoms with Gasteiger partial charge in [0.2, 0.25) is 0 Å². The average Bonchev–Trinajstić information content (AvgIpc) is 2.34. The lowest BCUT2D eigenvalue weighted by atomic mass is 9.77. The van der Waals surface area contributed by atoms with Crippen LogP contribution in [0.25, 0.3) is 0 Å². The minimum absolute atomic E-state index is 0.703. The van der Waals surface area contributed by atoms with Gasteiger partial charge in [-0.2, -0.15) is 0 Å². The summed E-state index contributed by atoms with van der Waals surface area (Å²) in [6, 6.07) is 0. The molecule has 16 heavy (non-hydrogen) atoms. The zero-order chi connectivity index (χ0) is 11.6. The van der Waals surface area contributed by atoms with Gasteiger partial charge in [0.05, 0.1) is 13.2 Å². The molecule has 0 aromatic rings. The lowest BCUT2D eigenvalue weighted by Gasteiger charge is -2.30. The fourth-order valence-corrected chi connectivity index (χ4v) is 2.67. The summed E-state index contributed by atoms with van der Waals surface area (Å²) in [4.78, 5) is 0. The first-order valence-corrected chi connectivity index (χ1v) is 6.65. The van der Waals surface area contributed by atoms with E-state index >= 15 is 0 Å². The maximum atomic E-state index is 5.82. The van der Waals surface area contributed by atoms with Crippen LogP contribution in [0.5, 0.6) is 0 Å². The Morgan fingerprint density at radius 2 is 1.81 bits per heavy atom. The predicted octanol–water partition coefficient (Wildman–Crippen LogP) is 2.19. The van der Waals surface area contributed by atoms with Gasteiger partial charge in [0, 0.05) is 13.7 Å². The van der Waals surface area contributed by atoms with Gasteiger partial charge in [0.25, 0.3) is 0 Å². The molecule has 3 nitrogen and oxygen atoms in total. The lowest BCUT2D eigenvalue weighted by molar-refractivity contribution is 0.0647. The van der Waals surface area contributed by atoms with Crippen molar-refractivity contribution in [3.63, 3.8) is 0 Å². The Morgan fingerprint density at radius 1 is 1.06 bits per heavy atom. The van der Waals surface area contributed by atoms with Crippen LogP contribution < -0.4 is 5.73 Å². The van der Waals surface area contributed by atoms with Crippen molar-refractivity contribution < 1.29 is 9.47 Å². The van der Waals surface area contributed by atoms with E-state index in [1.165, 1.54) is 38.5 Å². The first kappa shape index (κ1) is 13.9. The molecule has 0 aromatic carbocycles. The highest BCUT2D eigenvalue weighted by Gasteiger charge is 2.23. The summed E-state index contributed by atoms with van der Waals surface area (Å²) in [5, 5.41) is 0. The lowest BCUT2D eigenvalue weighted by Crippen LogP contribution is -2.27. The summed E-state index contributed by atoms with van der Waals surface area (Å²) in [5.74, 6) is 1.62. The summed E-state index contributed by atoms with van der Waals surface area (Å²) >= 11 is 0. The molecule has 1 fully saturated rings. The molecule has 2 unspecified atom stereocenters. The Labute approximate surface area is 99.7 Å². The molecule has 0 saturated heterocycles. The molecule has 0 spiro atoms. The van der Waals surface area contributed by atoms with Crippen LogP contribution in [0, 0.1) is 11.8 Å². The predicted molar refractivity (Wildman–Crippen MR) is 66.4 cm³/mol. The Bertz CT molecular complexity index is 164. The van der Waals surface area contributed by atoms with E-state index in [1.54, 1.807) is 7.11 Å². The van der Waals surface area contributed by atoms with Gasteiger partial charge in [-0.15, -0.1) is 0 Å². The van der Waals surface area contributed by atoms with Crippen LogP contribution >= 0.6 is 0 Å². The molecule has 0 aliphatic heterocycles. The number of ether oxygens (including phenoxy) is 2. The van der Waals surface area contributed by atoms with Gasteiger partial charge in [-0.1, -0.05) is 19.3 Å². The Kier molecular flexibility index (Phi) is 7.81. The van der Waals surface area contributed by atoms with Gasteiger partial charge in [0.15, 0.2) is 0 Å². The monoisotopic (exact) mass is 229 g/mol. The van der Waals surface area contributed by atoms with Crippen LogP contribution in [0.15, 0.2) is 0 Å². The molecule has 1 rings (SSSR count). The van der Waals surface area contributed by atoms with Crippen molar-refractivity contribution in [2.24, 2.45) is 17.6 Å². The van der Waals surface area contributed by atoms with Crippen LogP contribution in [0.1, 0.15) is 38.5 Å². The van der Waals surface area contributed by atoms with Crippen molar-refractivity contribution in [3.05, 3.63) is 0 Å². The number of rotatable bonds is 8. The van der Waals surface area contributed by atoms with Gasteiger partial charge in [-0.25, -0.2) is 0 Å². The molecule has 1 aliphatic rings. The van der Waals surface area contributed by atoms with E-state index in [0.29, 0.717) is 6.61 Å². The van der Waals surface area contributed by atoms with Crippen LogP contribution in [-0.4, -0.2) is 33.5 Å². The molecule has 0 aromatic heterocycles. The standard InChI is InChI=1S/C13H27NO2/c1-15-9-10-16-8-4-7-12-5-2-3-6-13(12)11-14/h12-13H,2-11,14H2,1H3. The SMILES string of the molecule is COCCOCCCC1CCCCC1CN. The summed E-state index contributed by atoms with van der Waals surface area (Å²) in [7, 11) is 1.71. The summed E-state index contributed by atoms with van der Waals surface area (Å²) in [6.07, 6.45) is 7.94. The van der Waals surface area contributed by atoms with Gasteiger partial charge in [0.1, 0.15) is 0 Å². The molecular weight excluding hydrogens is 202 g/mol. The fourth-order valence-electron chi connectivity index (χ4n) is 2.67. The normalized spacial score (nSPS) is 25.9. The van der Waals surface area contributed by atoms with Crippen LogP contribution in [0.3, 0.4) is 0 Å². The first-order chi connectivity index (χ1) is 7.88. The number of nitrogens with two attached hydrogens (primary N) is 1. The van der Waals surface area contributed by atoms with Crippen LogP contribution in [0.2, 0.25) is 0 Å². The van der Waals surface area contributed by atoms with Crippen LogP contribution in [-0.2, 0) is 9.47 Å². The van der Waals surface area contributed by atoms with Gasteiger partial charge < -0.3 is 15.2 Å². The third kappa shape index (κ3) is 5.28. The highest BCUT2D eigenvalue weighted by Crippen LogP contribution is 2.32. The number of hydrogen-bond donors (Lipinski definition) is 1. The van der Waals surface area contributed by atoms with Gasteiger partial charge in [-0.3, -0.25) is 0 Å². The molecule has 2 atom stereocenters. The van der Waals surface area contributed by atoms with E-state index in [-0.39, 0.29) is 0 Å². The molecule has 1 saturated carbocycles. The fraction of sp³-hybridized carbons (Fsp3) is 1.00. The van der Waals surface area contributed by atoms with Crippen molar-refractivity contribution in [2.75, 3.05) is 33.5 Å². The molecule has 3 heteroatoms. The highest BCUT2D eigenvalue weighted by molar-refractivity contribution is 4.75. The molecule has 2 N–H and O–H groups in total. The zero-order valence-electron chi connectivity index (χ0n) is 10.6. The second kappa shape index (κ2) is 8.97. The van der Waals surface area contributed by atoms with Crippen molar-refractivity contribution in [3.8, 4) is 0 Å². The van der Waals surface area contributed by atoms with E-state index in [0.717, 1.165) is 31.6 Å². The largest absolute Gasteiger partial charge is 0.382 e. The average molecular weight is 229 g/mol. The first-order valence-electron chi connectivity index (χ1n) is 6.65. The van der Waals surface area contributed by atoms with Crippen molar-refractivity contribution >= 4 is 0 Å². The van der Waals surface area contributed by atoms with E-state index < -0.39 is 0 Å². The summed E-state index contributed by atoms with van der Waals surface area (Å²) in [6.45, 7) is 3.17. The molecule has 0 bridgehead atoms. The molecule has 96 valence electrons. The third-order valence-corrected chi connectivity index (χ3v) is 3.66. The third-order valence-electron chi connectivity index (χ3n) is 3.66. The van der Waals surface area contributed by atoms with Crippen LogP contribution in [0.4, 0.5) is 0 Å². The summed E-state index contributed by atoms with van der Waals surface area (Å²) in [5.41, 5.74) is 5.82. The maximum absolute atomic E-state index is 5.82. The number of hydrogen-bond acceptors (Lipinski definition) is 3. The van der Waals surface area contributed by atoms with E-state index in [4.69, 9.17) is 15.2 Å². The zero-order valence-corrected chi connectivity index (χ0v) is 10.6. The molecule has 0 heterocycles. The summed E-state index contributed by atoms with van der Waals surface area (Å²) < 4.78 is 10.4. The van der Waals surface area contributed by atoms with Gasteiger partial charge >= 0.3 is 0 Å². The van der Waals surface area contributed by atoms with Crippen molar-refractivity contribution in [1.29, 1.82) is 0 Å².